The van der Waals surface area contributed by atoms with Gasteiger partial charge in [-0.2, -0.15) is 0 Å². The molecule has 0 bridgehead atoms. The van der Waals surface area contributed by atoms with E-state index in [-0.39, 0.29) is 11.9 Å². The molecule has 0 saturated carbocycles. The van der Waals surface area contributed by atoms with Crippen molar-refractivity contribution in [1.29, 1.82) is 0 Å². The van der Waals surface area contributed by atoms with Crippen LogP contribution < -0.4 is 0 Å². The van der Waals surface area contributed by atoms with Gasteiger partial charge in [-0.1, -0.05) is 23.8 Å². The average molecular weight is 387 g/mol. The largest absolute Gasteiger partial charge is 0.464 e. The van der Waals surface area contributed by atoms with Crippen LogP contribution in [-0.4, -0.2) is 41.0 Å². The number of aromatic nitrogens is 1. The van der Waals surface area contributed by atoms with Crippen LogP contribution in [0.4, 0.5) is 0 Å². The Morgan fingerprint density at radius 1 is 1.26 bits per heavy atom. The SMILES string of the molecule is CCOC(=O)[C@@H]1CCCCN1C(=O)c1sc(-c2ccc(C)cc2C)nc1C. The van der Waals surface area contributed by atoms with Crippen molar-refractivity contribution in [3.05, 3.63) is 39.9 Å². The fourth-order valence-corrected chi connectivity index (χ4v) is 4.66. The number of benzene rings is 1. The van der Waals surface area contributed by atoms with Crippen LogP contribution in [0.5, 0.6) is 0 Å². The van der Waals surface area contributed by atoms with Crippen molar-refractivity contribution in [3.8, 4) is 10.6 Å². The van der Waals surface area contributed by atoms with Crippen LogP contribution in [0.2, 0.25) is 0 Å². The van der Waals surface area contributed by atoms with E-state index in [1.165, 1.54) is 16.9 Å². The Morgan fingerprint density at radius 2 is 2.04 bits per heavy atom. The summed E-state index contributed by atoms with van der Waals surface area (Å²) in [7, 11) is 0. The van der Waals surface area contributed by atoms with Gasteiger partial charge >= 0.3 is 5.97 Å². The highest BCUT2D eigenvalue weighted by Gasteiger charge is 2.35. The summed E-state index contributed by atoms with van der Waals surface area (Å²) in [6.45, 7) is 8.68. The van der Waals surface area contributed by atoms with E-state index in [0.29, 0.717) is 30.1 Å². The van der Waals surface area contributed by atoms with Gasteiger partial charge in [0.05, 0.1) is 12.3 Å². The molecule has 2 heterocycles. The Morgan fingerprint density at radius 3 is 2.74 bits per heavy atom. The number of amides is 1. The summed E-state index contributed by atoms with van der Waals surface area (Å²) in [5.74, 6) is -0.416. The van der Waals surface area contributed by atoms with Crippen molar-refractivity contribution < 1.29 is 14.3 Å². The number of esters is 1. The van der Waals surface area contributed by atoms with Gasteiger partial charge in [0.25, 0.3) is 5.91 Å². The van der Waals surface area contributed by atoms with E-state index in [9.17, 15) is 9.59 Å². The molecule has 6 heteroatoms. The number of likely N-dealkylation sites (tertiary alicyclic amines) is 1. The zero-order valence-corrected chi connectivity index (χ0v) is 17.2. The quantitative estimate of drug-likeness (QED) is 0.736. The molecular weight excluding hydrogens is 360 g/mol. The third-order valence-electron chi connectivity index (χ3n) is 4.93. The molecule has 1 aliphatic rings. The van der Waals surface area contributed by atoms with Crippen molar-refractivity contribution >= 4 is 23.2 Å². The minimum absolute atomic E-state index is 0.112. The number of carbonyl (C=O) groups is 2. The first-order valence-corrected chi connectivity index (χ1v) is 10.3. The monoisotopic (exact) mass is 386 g/mol. The maximum absolute atomic E-state index is 13.2. The molecule has 144 valence electrons. The average Bonchev–Trinajstić information content (AvgIpc) is 3.02. The molecule has 1 amide bonds. The van der Waals surface area contributed by atoms with Gasteiger partial charge in [-0.25, -0.2) is 9.78 Å². The number of aryl methyl sites for hydroxylation is 3. The predicted molar refractivity (Wildman–Crippen MR) is 107 cm³/mol. The lowest BCUT2D eigenvalue weighted by atomic mass is 10.0. The first kappa shape index (κ1) is 19.5. The maximum Gasteiger partial charge on any atom is 0.328 e. The molecule has 1 saturated heterocycles. The molecule has 0 radical (unpaired) electrons. The molecule has 1 atom stereocenters. The third-order valence-corrected chi connectivity index (χ3v) is 6.10. The van der Waals surface area contributed by atoms with Gasteiger partial charge in [-0.15, -0.1) is 11.3 Å². The first-order valence-electron chi connectivity index (χ1n) is 9.45. The summed E-state index contributed by atoms with van der Waals surface area (Å²) in [5, 5.41) is 0.845. The zero-order valence-electron chi connectivity index (χ0n) is 16.4. The van der Waals surface area contributed by atoms with E-state index in [4.69, 9.17) is 4.74 Å². The number of thiazole rings is 1. The standard InChI is InChI=1S/C21H26N2O3S/c1-5-26-21(25)17-8-6-7-11-23(17)20(24)18-15(4)22-19(27-18)16-10-9-13(2)12-14(16)3/h9-10,12,17H,5-8,11H2,1-4H3/t17-/m0/s1. The highest BCUT2D eigenvalue weighted by molar-refractivity contribution is 7.17. The van der Waals surface area contributed by atoms with E-state index >= 15 is 0 Å². The van der Waals surface area contributed by atoms with Crippen LogP contribution in [0.1, 0.15) is 52.7 Å². The van der Waals surface area contributed by atoms with E-state index < -0.39 is 6.04 Å². The lowest BCUT2D eigenvalue weighted by molar-refractivity contribution is -0.149. The van der Waals surface area contributed by atoms with Gasteiger partial charge in [0.15, 0.2) is 0 Å². The minimum atomic E-state index is -0.489. The third kappa shape index (κ3) is 4.05. The summed E-state index contributed by atoms with van der Waals surface area (Å²) >= 11 is 1.41. The second-order valence-electron chi connectivity index (χ2n) is 7.01. The number of nitrogens with zero attached hydrogens (tertiary/aromatic N) is 2. The molecule has 1 aromatic carbocycles. The Kier molecular flexibility index (Phi) is 5.95. The van der Waals surface area contributed by atoms with Crippen LogP contribution in [0.15, 0.2) is 18.2 Å². The van der Waals surface area contributed by atoms with Gasteiger partial charge in [0, 0.05) is 12.1 Å². The Balaban J connectivity index is 1.90. The fraction of sp³-hybridized carbons (Fsp3) is 0.476. The molecule has 3 rings (SSSR count). The van der Waals surface area contributed by atoms with Crippen LogP contribution in [0, 0.1) is 20.8 Å². The van der Waals surface area contributed by atoms with Crippen molar-refractivity contribution in [1.82, 2.24) is 9.88 Å². The molecule has 1 aliphatic heterocycles. The van der Waals surface area contributed by atoms with Gasteiger partial charge in [-0.3, -0.25) is 4.79 Å². The number of hydrogen-bond donors (Lipinski definition) is 0. The maximum atomic E-state index is 13.2. The van der Waals surface area contributed by atoms with Crippen LogP contribution in [-0.2, 0) is 9.53 Å². The molecule has 0 N–H and O–H groups in total. The van der Waals surface area contributed by atoms with Crippen molar-refractivity contribution in [2.75, 3.05) is 13.2 Å². The summed E-state index contributed by atoms with van der Waals surface area (Å²) < 4.78 is 5.18. The van der Waals surface area contributed by atoms with Gasteiger partial charge in [0.1, 0.15) is 15.9 Å². The molecule has 27 heavy (non-hydrogen) atoms. The van der Waals surface area contributed by atoms with Gasteiger partial charge < -0.3 is 9.64 Å². The topological polar surface area (TPSA) is 59.5 Å². The number of hydrogen-bond acceptors (Lipinski definition) is 5. The van der Waals surface area contributed by atoms with E-state index in [2.05, 4.69) is 37.0 Å². The molecule has 1 fully saturated rings. The van der Waals surface area contributed by atoms with Gasteiger partial charge in [0.2, 0.25) is 0 Å². The minimum Gasteiger partial charge on any atom is -0.464 e. The summed E-state index contributed by atoms with van der Waals surface area (Å²) in [5.41, 5.74) is 4.11. The second kappa shape index (κ2) is 8.21. The Bertz CT molecular complexity index is 859. The molecule has 1 aromatic heterocycles. The summed E-state index contributed by atoms with van der Waals surface area (Å²) in [4.78, 5) is 32.5. The van der Waals surface area contributed by atoms with Crippen LogP contribution in [0.25, 0.3) is 10.6 Å². The molecule has 2 aromatic rings. The number of carbonyl (C=O) groups excluding carboxylic acids is 2. The first-order chi connectivity index (χ1) is 12.9. The number of ether oxygens (including phenoxy) is 1. The fourth-order valence-electron chi connectivity index (χ4n) is 3.55. The van der Waals surface area contributed by atoms with E-state index in [1.807, 2.05) is 6.92 Å². The van der Waals surface area contributed by atoms with Gasteiger partial charge in [-0.05, 0) is 52.5 Å². The van der Waals surface area contributed by atoms with Crippen molar-refractivity contribution in [2.45, 2.75) is 53.0 Å². The summed E-state index contributed by atoms with van der Waals surface area (Å²) in [6.07, 6.45) is 2.50. The van der Waals surface area contributed by atoms with Crippen LogP contribution in [0.3, 0.4) is 0 Å². The lowest BCUT2D eigenvalue weighted by Gasteiger charge is -2.33. The number of piperidine rings is 1. The highest BCUT2D eigenvalue weighted by atomic mass is 32.1. The molecule has 0 aliphatic carbocycles. The van der Waals surface area contributed by atoms with E-state index in [0.717, 1.165) is 29.0 Å². The lowest BCUT2D eigenvalue weighted by Crippen LogP contribution is -2.48. The van der Waals surface area contributed by atoms with Crippen molar-refractivity contribution in [2.24, 2.45) is 0 Å². The molecule has 0 spiro atoms. The smallest absolute Gasteiger partial charge is 0.328 e. The molecular formula is C21H26N2O3S. The normalized spacial score (nSPS) is 17.0. The number of rotatable bonds is 4. The molecule has 5 nitrogen and oxygen atoms in total. The van der Waals surface area contributed by atoms with Crippen molar-refractivity contribution in [3.63, 3.8) is 0 Å². The Hall–Kier alpha value is -2.21. The Labute approximate surface area is 164 Å². The molecule has 0 unspecified atom stereocenters. The predicted octanol–water partition coefficient (Wildman–Crippen LogP) is 4.29. The summed E-state index contributed by atoms with van der Waals surface area (Å²) in [6, 6.07) is 5.74. The zero-order chi connectivity index (χ0) is 19.6. The highest BCUT2D eigenvalue weighted by Crippen LogP contribution is 2.32. The second-order valence-corrected chi connectivity index (χ2v) is 8.01. The van der Waals surface area contributed by atoms with Crippen LogP contribution >= 0.6 is 11.3 Å². The van der Waals surface area contributed by atoms with E-state index in [1.54, 1.807) is 11.8 Å².